The lowest BCUT2D eigenvalue weighted by Crippen LogP contribution is -2.38. The summed E-state index contributed by atoms with van der Waals surface area (Å²) in [6, 6.07) is 25.2. The van der Waals surface area contributed by atoms with Crippen LogP contribution in [0, 0.1) is 0 Å². The summed E-state index contributed by atoms with van der Waals surface area (Å²) in [6.07, 6.45) is -4.32. The first-order valence-corrected chi connectivity index (χ1v) is 9.36. The Hall–Kier alpha value is -3.28. The molecule has 0 amide bonds. The zero-order chi connectivity index (χ0) is 20.3. The second kappa shape index (κ2) is 7.99. The molecule has 0 radical (unpaired) electrons. The predicted octanol–water partition coefficient (Wildman–Crippen LogP) is 5.41. The third-order valence-electron chi connectivity index (χ3n) is 4.87. The van der Waals surface area contributed by atoms with Gasteiger partial charge in [0.05, 0.1) is 18.2 Å². The van der Waals surface area contributed by atoms with Crippen molar-refractivity contribution in [3.63, 3.8) is 0 Å². The first-order valence-electron chi connectivity index (χ1n) is 9.36. The van der Waals surface area contributed by atoms with Gasteiger partial charge in [0.1, 0.15) is 0 Å². The molecule has 0 aliphatic carbocycles. The van der Waals surface area contributed by atoms with Gasteiger partial charge in [-0.3, -0.25) is 0 Å². The second-order valence-corrected chi connectivity index (χ2v) is 6.87. The van der Waals surface area contributed by atoms with Crippen molar-refractivity contribution in [2.45, 2.75) is 18.8 Å². The van der Waals surface area contributed by atoms with Crippen molar-refractivity contribution in [3.8, 4) is 0 Å². The Kier molecular flexibility index (Phi) is 5.25. The molecule has 0 saturated heterocycles. The molecule has 0 aromatic heterocycles. The van der Waals surface area contributed by atoms with Crippen molar-refractivity contribution in [1.29, 1.82) is 0 Å². The van der Waals surface area contributed by atoms with E-state index >= 15 is 0 Å². The van der Waals surface area contributed by atoms with E-state index in [0.29, 0.717) is 19.0 Å². The van der Waals surface area contributed by atoms with E-state index in [1.165, 1.54) is 12.1 Å². The topological polar surface area (TPSA) is 27.6 Å². The van der Waals surface area contributed by atoms with Crippen LogP contribution >= 0.6 is 0 Å². The molecule has 0 fully saturated rings. The standard InChI is InChI=1S/C23H20F3N3/c24-23(25,26)19-13-11-17(12-14-19)15-27-22-28-21(18-7-3-1-4-8-18)16-29(22)20-9-5-2-6-10-20/h1-14,21H,15-16H2,(H,27,28)/t21-/m1/s1. The third-order valence-corrected chi connectivity index (χ3v) is 4.87. The first-order chi connectivity index (χ1) is 14.0. The minimum atomic E-state index is -4.32. The maximum absolute atomic E-state index is 12.8. The van der Waals surface area contributed by atoms with E-state index in [-0.39, 0.29) is 6.04 Å². The van der Waals surface area contributed by atoms with E-state index in [1.807, 2.05) is 48.5 Å². The Morgan fingerprint density at radius 2 is 1.48 bits per heavy atom. The molecule has 0 bridgehead atoms. The first kappa shape index (κ1) is 19.1. The summed E-state index contributed by atoms with van der Waals surface area (Å²) in [4.78, 5) is 6.94. The van der Waals surface area contributed by atoms with Crippen LogP contribution in [0.2, 0.25) is 0 Å². The fourth-order valence-electron chi connectivity index (χ4n) is 3.34. The Morgan fingerprint density at radius 3 is 2.10 bits per heavy atom. The largest absolute Gasteiger partial charge is 0.416 e. The maximum Gasteiger partial charge on any atom is 0.416 e. The number of nitrogens with one attached hydrogen (secondary N) is 1. The van der Waals surface area contributed by atoms with Crippen molar-refractivity contribution in [2.75, 3.05) is 11.4 Å². The van der Waals surface area contributed by atoms with Gasteiger partial charge in [-0.05, 0) is 35.4 Å². The molecular weight excluding hydrogens is 375 g/mol. The summed E-state index contributed by atoms with van der Waals surface area (Å²) in [6.45, 7) is 1.09. The van der Waals surface area contributed by atoms with Gasteiger partial charge in [0.25, 0.3) is 0 Å². The number of hydrogen-bond acceptors (Lipinski definition) is 3. The number of nitrogens with zero attached hydrogens (tertiary/aromatic N) is 2. The normalized spacial score (nSPS) is 16.6. The van der Waals surface area contributed by atoms with E-state index in [1.54, 1.807) is 0 Å². The van der Waals surface area contributed by atoms with Gasteiger partial charge in [-0.15, -0.1) is 0 Å². The summed E-state index contributed by atoms with van der Waals surface area (Å²) < 4.78 is 38.3. The van der Waals surface area contributed by atoms with Gasteiger partial charge in [0.15, 0.2) is 5.96 Å². The minimum absolute atomic E-state index is 0.00786. The molecule has 148 valence electrons. The lowest BCUT2D eigenvalue weighted by molar-refractivity contribution is -0.137. The van der Waals surface area contributed by atoms with Crippen LogP contribution in [-0.4, -0.2) is 12.5 Å². The zero-order valence-electron chi connectivity index (χ0n) is 15.6. The van der Waals surface area contributed by atoms with Crippen molar-refractivity contribution >= 4 is 11.6 Å². The Bertz CT molecular complexity index is 968. The van der Waals surface area contributed by atoms with Crippen LogP contribution in [-0.2, 0) is 12.7 Å². The molecule has 29 heavy (non-hydrogen) atoms. The SMILES string of the molecule is FC(F)(F)c1ccc(CNC2=N[C@@H](c3ccccc3)CN2c2ccccc2)cc1. The monoisotopic (exact) mass is 395 g/mol. The van der Waals surface area contributed by atoms with Gasteiger partial charge >= 0.3 is 6.18 Å². The highest BCUT2D eigenvalue weighted by molar-refractivity contribution is 5.98. The number of aliphatic imine (C=N–C) groups is 1. The van der Waals surface area contributed by atoms with Crippen LogP contribution in [0.1, 0.15) is 22.7 Å². The molecular formula is C23H20F3N3. The highest BCUT2D eigenvalue weighted by Gasteiger charge is 2.30. The molecule has 4 rings (SSSR count). The smallest absolute Gasteiger partial charge is 0.352 e. The lowest BCUT2D eigenvalue weighted by Gasteiger charge is -2.22. The fourth-order valence-corrected chi connectivity index (χ4v) is 3.34. The number of para-hydroxylation sites is 1. The number of anilines is 1. The molecule has 1 aliphatic heterocycles. The number of halogens is 3. The summed E-state index contributed by atoms with van der Waals surface area (Å²) >= 11 is 0. The number of guanidine groups is 1. The summed E-state index contributed by atoms with van der Waals surface area (Å²) in [7, 11) is 0. The minimum Gasteiger partial charge on any atom is -0.352 e. The van der Waals surface area contributed by atoms with Gasteiger partial charge < -0.3 is 10.2 Å². The summed E-state index contributed by atoms with van der Waals surface area (Å²) in [5, 5.41) is 3.30. The van der Waals surface area contributed by atoms with Gasteiger partial charge in [-0.2, -0.15) is 13.2 Å². The summed E-state index contributed by atoms with van der Waals surface area (Å²) in [5.41, 5.74) is 2.26. The van der Waals surface area contributed by atoms with Crippen LogP contribution < -0.4 is 10.2 Å². The third kappa shape index (κ3) is 4.42. The number of benzene rings is 3. The van der Waals surface area contributed by atoms with E-state index in [0.717, 1.165) is 28.9 Å². The van der Waals surface area contributed by atoms with Gasteiger partial charge in [-0.1, -0.05) is 60.7 Å². The summed E-state index contributed by atoms with van der Waals surface area (Å²) in [5.74, 6) is 0.713. The quantitative estimate of drug-likeness (QED) is 0.639. The highest BCUT2D eigenvalue weighted by Crippen LogP contribution is 2.30. The van der Waals surface area contributed by atoms with Gasteiger partial charge in [0, 0.05) is 12.2 Å². The van der Waals surface area contributed by atoms with Crippen LogP contribution in [0.3, 0.4) is 0 Å². The number of rotatable bonds is 4. The Balaban J connectivity index is 1.53. The Labute approximate surface area is 167 Å². The average Bonchev–Trinajstić information content (AvgIpc) is 3.17. The molecule has 3 aromatic carbocycles. The maximum atomic E-state index is 12.8. The van der Waals surface area contributed by atoms with Crippen LogP contribution in [0.25, 0.3) is 0 Å². The molecule has 6 heteroatoms. The van der Waals surface area contributed by atoms with E-state index in [2.05, 4.69) is 22.3 Å². The van der Waals surface area contributed by atoms with Gasteiger partial charge in [-0.25, -0.2) is 4.99 Å². The Morgan fingerprint density at radius 1 is 0.862 bits per heavy atom. The van der Waals surface area contributed by atoms with Crippen molar-refractivity contribution in [3.05, 3.63) is 102 Å². The van der Waals surface area contributed by atoms with Crippen LogP contribution in [0.5, 0.6) is 0 Å². The molecule has 0 spiro atoms. The average molecular weight is 395 g/mol. The lowest BCUT2D eigenvalue weighted by atomic mass is 10.1. The molecule has 1 N–H and O–H groups in total. The molecule has 1 atom stereocenters. The van der Waals surface area contributed by atoms with Crippen molar-refractivity contribution in [2.24, 2.45) is 4.99 Å². The molecule has 0 unspecified atom stereocenters. The zero-order valence-corrected chi connectivity index (χ0v) is 15.6. The van der Waals surface area contributed by atoms with Crippen molar-refractivity contribution in [1.82, 2.24) is 5.32 Å². The van der Waals surface area contributed by atoms with Crippen molar-refractivity contribution < 1.29 is 13.2 Å². The van der Waals surface area contributed by atoms with E-state index in [9.17, 15) is 13.2 Å². The van der Waals surface area contributed by atoms with E-state index < -0.39 is 11.7 Å². The predicted molar refractivity (Wildman–Crippen MR) is 109 cm³/mol. The molecule has 0 saturated carbocycles. The van der Waals surface area contributed by atoms with Crippen LogP contribution in [0.4, 0.5) is 18.9 Å². The highest BCUT2D eigenvalue weighted by atomic mass is 19.4. The number of hydrogen-bond donors (Lipinski definition) is 1. The second-order valence-electron chi connectivity index (χ2n) is 6.87. The van der Waals surface area contributed by atoms with E-state index in [4.69, 9.17) is 4.99 Å². The van der Waals surface area contributed by atoms with Gasteiger partial charge in [0.2, 0.25) is 0 Å². The molecule has 3 aromatic rings. The molecule has 3 nitrogen and oxygen atoms in total. The van der Waals surface area contributed by atoms with Crippen LogP contribution in [0.15, 0.2) is 89.9 Å². The molecule has 1 heterocycles. The fraction of sp³-hybridized carbons (Fsp3) is 0.174. The molecule has 1 aliphatic rings. The number of alkyl halides is 3.